The number of ether oxygens (including phenoxy) is 3. The molecule has 2 atom stereocenters. The van der Waals surface area contributed by atoms with E-state index in [1.54, 1.807) is 14.2 Å². The molecule has 0 amide bonds. The Hall–Kier alpha value is -2.24. The van der Waals surface area contributed by atoms with Crippen LogP contribution in [0, 0.1) is 0 Å². The fourth-order valence-corrected chi connectivity index (χ4v) is 2.93. The second kappa shape index (κ2) is 7.55. The van der Waals surface area contributed by atoms with Crippen molar-refractivity contribution < 1.29 is 19.3 Å². The summed E-state index contributed by atoms with van der Waals surface area (Å²) in [5.74, 6) is 2.34. The lowest BCUT2D eigenvalue weighted by Crippen LogP contribution is -2.41. The SMILES string of the molecule is COc1cccc([C@@H](O)CN[C@@H]2COc3c(cccc3OC)C2)c1. The highest BCUT2D eigenvalue weighted by Crippen LogP contribution is 2.34. The van der Waals surface area contributed by atoms with Crippen LogP contribution in [0.1, 0.15) is 17.2 Å². The molecule has 1 aliphatic heterocycles. The van der Waals surface area contributed by atoms with Gasteiger partial charge in [0, 0.05) is 12.6 Å². The largest absolute Gasteiger partial charge is 0.497 e. The molecule has 0 aliphatic carbocycles. The molecule has 0 bridgehead atoms. The summed E-state index contributed by atoms with van der Waals surface area (Å²) in [7, 11) is 3.27. The number of hydrogen-bond donors (Lipinski definition) is 2. The van der Waals surface area contributed by atoms with Crippen molar-refractivity contribution in [2.45, 2.75) is 18.6 Å². The maximum absolute atomic E-state index is 10.4. The minimum Gasteiger partial charge on any atom is -0.497 e. The van der Waals surface area contributed by atoms with Crippen LogP contribution in [-0.4, -0.2) is 38.5 Å². The summed E-state index contributed by atoms with van der Waals surface area (Å²) in [5, 5.41) is 13.7. The van der Waals surface area contributed by atoms with Crippen LogP contribution in [0.25, 0.3) is 0 Å². The zero-order valence-electron chi connectivity index (χ0n) is 14.0. The van der Waals surface area contributed by atoms with Gasteiger partial charge >= 0.3 is 0 Å². The first-order chi connectivity index (χ1) is 11.7. The molecule has 1 heterocycles. The third kappa shape index (κ3) is 3.63. The van der Waals surface area contributed by atoms with E-state index in [0.717, 1.165) is 34.8 Å². The summed E-state index contributed by atoms with van der Waals surface area (Å²) >= 11 is 0. The normalized spacial score (nSPS) is 17.5. The molecule has 2 N–H and O–H groups in total. The molecule has 1 aliphatic rings. The Morgan fingerprint density at radius 3 is 2.83 bits per heavy atom. The van der Waals surface area contributed by atoms with E-state index in [4.69, 9.17) is 14.2 Å². The lowest BCUT2D eigenvalue weighted by molar-refractivity contribution is 0.156. The smallest absolute Gasteiger partial charge is 0.164 e. The van der Waals surface area contributed by atoms with E-state index in [2.05, 4.69) is 5.32 Å². The molecule has 2 aromatic rings. The number of para-hydroxylation sites is 1. The van der Waals surface area contributed by atoms with Crippen molar-refractivity contribution in [3.63, 3.8) is 0 Å². The zero-order chi connectivity index (χ0) is 16.9. The van der Waals surface area contributed by atoms with Crippen molar-refractivity contribution in [3.8, 4) is 17.2 Å². The highest BCUT2D eigenvalue weighted by molar-refractivity contribution is 5.48. The molecular weight excluding hydrogens is 306 g/mol. The average Bonchev–Trinajstić information content (AvgIpc) is 2.65. The lowest BCUT2D eigenvalue weighted by Gasteiger charge is -2.28. The summed E-state index contributed by atoms with van der Waals surface area (Å²) in [6.45, 7) is 1.01. The van der Waals surface area contributed by atoms with Gasteiger partial charge in [-0.15, -0.1) is 0 Å². The monoisotopic (exact) mass is 329 g/mol. The van der Waals surface area contributed by atoms with Gasteiger partial charge in [-0.05, 0) is 35.7 Å². The quantitative estimate of drug-likeness (QED) is 0.852. The van der Waals surface area contributed by atoms with E-state index in [-0.39, 0.29) is 6.04 Å². The number of rotatable bonds is 6. The van der Waals surface area contributed by atoms with Crippen LogP contribution in [0.3, 0.4) is 0 Å². The van der Waals surface area contributed by atoms with Crippen LogP contribution >= 0.6 is 0 Å². The minimum atomic E-state index is -0.591. The summed E-state index contributed by atoms with van der Waals surface area (Å²) in [5.41, 5.74) is 1.95. The zero-order valence-corrected chi connectivity index (χ0v) is 14.0. The minimum absolute atomic E-state index is 0.157. The molecule has 3 rings (SSSR count). The number of nitrogens with one attached hydrogen (secondary N) is 1. The van der Waals surface area contributed by atoms with Crippen molar-refractivity contribution in [1.29, 1.82) is 0 Å². The maximum Gasteiger partial charge on any atom is 0.164 e. The first kappa shape index (κ1) is 16.6. The predicted molar refractivity (Wildman–Crippen MR) is 91.9 cm³/mol. The summed E-state index contributed by atoms with van der Waals surface area (Å²) < 4.78 is 16.4. The number of aliphatic hydroxyl groups excluding tert-OH is 1. The Morgan fingerprint density at radius 1 is 1.21 bits per heavy atom. The van der Waals surface area contributed by atoms with Gasteiger partial charge in [0.15, 0.2) is 11.5 Å². The molecule has 0 fully saturated rings. The Labute approximate surface area is 142 Å². The number of benzene rings is 2. The van der Waals surface area contributed by atoms with Crippen molar-refractivity contribution in [3.05, 3.63) is 53.6 Å². The number of hydrogen-bond acceptors (Lipinski definition) is 5. The van der Waals surface area contributed by atoms with Gasteiger partial charge in [-0.1, -0.05) is 24.3 Å². The highest BCUT2D eigenvalue weighted by atomic mass is 16.5. The van der Waals surface area contributed by atoms with Crippen LogP contribution in [0.4, 0.5) is 0 Å². The number of fused-ring (bicyclic) bond motifs is 1. The van der Waals surface area contributed by atoms with Crippen LogP contribution in [-0.2, 0) is 6.42 Å². The molecule has 0 saturated heterocycles. The lowest BCUT2D eigenvalue weighted by atomic mass is 10.0. The Morgan fingerprint density at radius 2 is 2.04 bits per heavy atom. The van der Waals surface area contributed by atoms with E-state index in [0.29, 0.717) is 13.2 Å². The van der Waals surface area contributed by atoms with Crippen LogP contribution in [0.5, 0.6) is 17.2 Å². The van der Waals surface area contributed by atoms with Gasteiger partial charge in [0.05, 0.1) is 20.3 Å². The van der Waals surface area contributed by atoms with Gasteiger partial charge in [-0.25, -0.2) is 0 Å². The van der Waals surface area contributed by atoms with E-state index in [1.807, 2.05) is 42.5 Å². The Bertz CT molecular complexity index is 689. The molecule has 128 valence electrons. The number of methoxy groups -OCH3 is 2. The standard InChI is InChI=1S/C19H23NO4/c1-22-16-7-3-5-13(10-16)17(21)11-20-15-9-14-6-4-8-18(23-2)19(14)24-12-15/h3-8,10,15,17,20-21H,9,11-12H2,1-2H3/t15-,17-/m0/s1. The van der Waals surface area contributed by atoms with Gasteiger partial charge in [0.1, 0.15) is 12.4 Å². The third-order valence-electron chi connectivity index (χ3n) is 4.25. The fraction of sp³-hybridized carbons (Fsp3) is 0.368. The second-order valence-corrected chi connectivity index (χ2v) is 5.86. The molecule has 2 aromatic carbocycles. The summed E-state index contributed by atoms with van der Waals surface area (Å²) in [6.07, 6.45) is 0.254. The Kier molecular flexibility index (Phi) is 5.23. The third-order valence-corrected chi connectivity index (χ3v) is 4.25. The molecule has 0 saturated carbocycles. The van der Waals surface area contributed by atoms with Crippen LogP contribution in [0.15, 0.2) is 42.5 Å². The van der Waals surface area contributed by atoms with Crippen molar-refractivity contribution in [2.75, 3.05) is 27.4 Å². The second-order valence-electron chi connectivity index (χ2n) is 5.86. The highest BCUT2D eigenvalue weighted by Gasteiger charge is 2.23. The van der Waals surface area contributed by atoms with E-state index in [9.17, 15) is 5.11 Å². The van der Waals surface area contributed by atoms with Crippen LogP contribution in [0.2, 0.25) is 0 Å². The molecule has 0 radical (unpaired) electrons. The van der Waals surface area contributed by atoms with Crippen LogP contribution < -0.4 is 19.5 Å². The summed E-state index contributed by atoms with van der Waals surface area (Å²) in [4.78, 5) is 0. The molecule has 0 aromatic heterocycles. The molecule has 24 heavy (non-hydrogen) atoms. The summed E-state index contributed by atoms with van der Waals surface area (Å²) in [6, 6.07) is 13.6. The van der Waals surface area contributed by atoms with Gasteiger partial charge in [0.25, 0.3) is 0 Å². The van der Waals surface area contributed by atoms with Crippen molar-refractivity contribution in [1.82, 2.24) is 5.32 Å². The maximum atomic E-state index is 10.4. The average molecular weight is 329 g/mol. The molecule has 5 heteroatoms. The molecular formula is C19H23NO4. The van der Waals surface area contributed by atoms with E-state index < -0.39 is 6.10 Å². The van der Waals surface area contributed by atoms with Gasteiger partial charge in [-0.2, -0.15) is 0 Å². The van der Waals surface area contributed by atoms with E-state index >= 15 is 0 Å². The molecule has 5 nitrogen and oxygen atoms in total. The molecule has 0 unspecified atom stereocenters. The van der Waals surface area contributed by atoms with Crippen molar-refractivity contribution >= 4 is 0 Å². The van der Waals surface area contributed by atoms with Gasteiger partial charge in [-0.3, -0.25) is 0 Å². The van der Waals surface area contributed by atoms with Crippen molar-refractivity contribution in [2.24, 2.45) is 0 Å². The topological polar surface area (TPSA) is 60.0 Å². The van der Waals surface area contributed by atoms with Gasteiger partial charge in [0.2, 0.25) is 0 Å². The first-order valence-corrected chi connectivity index (χ1v) is 8.05. The van der Waals surface area contributed by atoms with Gasteiger partial charge < -0.3 is 24.6 Å². The Balaban J connectivity index is 1.59. The molecule has 0 spiro atoms. The first-order valence-electron chi connectivity index (χ1n) is 8.05. The fourth-order valence-electron chi connectivity index (χ4n) is 2.93. The van der Waals surface area contributed by atoms with E-state index in [1.165, 1.54) is 0 Å². The number of aliphatic hydroxyl groups is 1. The predicted octanol–water partition coefficient (Wildman–Crippen LogP) is 2.33.